The minimum atomic E-state index is -0.0529. The van der Waals surface area contributed by atoms with E-state index in [1.807, 2.05) is 42.5 Å². The van der Waals surface area contributed by atoms with E-state index in [0.717, 1.165) is 36.3 Å². The van der Waals surface area contributed by atoms with Gasteiger partial charge in [-0.1, -0.05) is 36.8 Å². The summed E-state index contributed by atoms with van der Waals surface area (Å²) in [7, 11) is 0. The minimum Gasteiger partial charge on any atom is -0.493 e. The maximum atomic E-state index is 13.8. The normalized spacial score (nSPS) is 18.0. The summed E-state index contributed by atoms with van der Waals surface area (Å²) < 4.78 is 5.63. The van der Waals surface area contributed by atoms with Crippen LogP contribution in [0.3, 0.4) is 0 Å². The summed E-state index contributed by atoms with van der Waals surface area (Å²) in [6.07, 6.45) is 5.94. The van der Waals surface area contributed by atoms with Crippen molar-refractivity contribution in [3.05, 3.63) is 77.5 Å². The molecular weight excluding hydrogens is 426 g/mol. The van der Waals surface area contributed by atoms with Crippen LogP contribution in [-0.2, 0) is 6.42 Å². The topological polar surface area (TPSA) is 79.4 Å². The summed E-state index contributed by atoms with van der Waals surface area (Å²) >= 11 is 0. The fourth-order valence-corrected chi connectivity index (χ4v) is 4.64. The third kappa shape index (κ3) is 5.04. The molecule has 2 aliphatic heterocycles. The van der Waals surface area contributed by atoms with Crippen LogP contribution in [0.25, 0.3) is 0 Å². The van der Waals surface area contributed by atoms with E-state index in [1.54, 1.807) is 11.1 Å². The molecule has 176 valence electrons. The van der Waals surface area contributed by atoms with Crippen LogP contribution in [0.1, 0.15) is 53.7 Å². The summed E-state index contributed by atoms with van der Waals surface area (Å²) in [5.74, 6) is 1.93. The number of aromatic nitrogens is 2. The van der Waals surface area contributed by atoms with Crippen LogP contribution in [0, 0.1) is 0 Å². The van der Waals surface area contributed by atoms with E-state index in [2.05, 4.69) is 34.7 Å². The van der Waals surface area contributed by atoms with Crippen LogP contribution in [0.15, 0.2) is 60.8 Å². The molecule has 0 bridgehead atoms. The third-order valence-electron chi connectivity index (χ3n) is 6.56. The van der Waals surface area contributed by atoms with E-state index in [-0.39, 0.29) is 18.0 Å². The summed E-state index contributed by atoms with van der Waals surface area (Å²) in [6, 6.07) is 18.0. The highest BCUT2D eigenvalue weighted by Crippen LogP contribution is 2.28. The second-order valence-corrected chi connectivity index (χ2v) is 9.00. The first-order chi connectivity index (χ1) is 16.7. The van der Waals surface area contributed by atoms with Gasteiger partial charge in [0.25, 0.3) is 5.91 Å². The number of piperidine rings is 1. The van der Waals surface area contributed by atoms with Gasteiger partial charge in [0.1, 0.15) is 11.6 Å². The standard InChI is InChI=1S/C27H31N5O2/c1-19(20-7-3-2-4-8-20)30-27-29-15-12-25(31-27)32(18-23-9-5-6-14-28-23)26(33)22-10-11-24-21(17-22)13-16-34-24/h2-4,7-8,10-12,15,17,19,23,28H,5-6,9,13-14,16,18H2,1H3,(H,29,30,31)/t19-,23?/m0/s1. The first-order valence-corrected chi connectivity index (χ1v) is 12.1. The van der Waals surface area contributed by atoms with Gasteiger partial charge in [0.2, 0.25) is 5.95 Å². The molecule has 7 heteroatoms. The van der Waals surface area contributed by atoms with E-state index >= 15 is 0 Å². The number of amides is 1. The van der Waals surface area contributed by atoms with Crippen molar-refractivity contribution in [1.82, 2.24) is 15.3 Å². The molecule has 3 heterocycles. The van der Waals surface area contributed by atoms with Crippen molar-refractivity contribution in [2.24, 2.45) is 0 Å². The number of anilines is 2. The number of hydrogen-bond donors (Lipinski definition) is 2. The molecule has 2 atom stereocenters. The Morgan fingerprint density at radius 3 is 2.91 bits per heavy atom. The van der Waals surface area contributed by atoms with Crippen molar-refractivity contribution in [3.8, 4) is 5.75 Å². The van der Waals surface area contributed by atoms with Crippen molar-refractivity contribution >= 4 is 17.7 Å². The first-order valence-electron chi connectivity index (χ1n) is 12.1. The van der Waals surface area contributed by atoms with Crippen LogP contribution in [0.4, 0.5) is 11.8 Å². The molecule has 1 unspecified atom stereocenters. The molecule has 0 aliphatic carbocycles. The average molecular weight is 458 g/mol. The van der Waals surface area contributed by atoms with E-state index in [4.69, 9.17) is 9.72 Å². The van der Waals surface area contributed by atoms with Crippen molar-refractivity contribution < 1.29 is 9.53 Å². The second kappa shape index (κ2) is 10.2. The van der Waals surface area contributed by atoms with Crippen LogP contribution in [-0.4, -0.2) is 41.6 Å². The maximum Gasteiger partial charge on any atom is 0.259 e. The van der Waals surface area contributed by atoms with Crippen LogP contribution < -0.4 is 20.3 Å². The molecule has 0 spiro atoms. The number of carbonyl (C=O) groups is 1. The molecule has 2 aliphatic rings. The monoisotopic (exact) mass is 457 g/mol. The Morgan fingerprint density at radius 2 is 2.09 bits per heavy atom. The second-order valence-electron chi connectivity index (χ2n) is 9.00. The number of benzene rings is 2. The average Bonchev–Trinajstić information content (AvgIpc) is 3.36. The van der Waals surface area contributed by atoms with Crippen LogP contribution in [0.2, 0.25) is 0 Å². The SMILES string of the molecule is C[C@H](Nc1nccc(N(CC2CCCCN2)C(=O)c2ccc3c(c2)CCO3)n1)c1ccccc1. The summed E-state index contributed by atoms with van der Waals surface area (Å²) in [5, 5.41) is 6.94. The van der Waals surface area contributed by atoms with Crippen molar-refractivity contribution in [1.29, 1.82) is 0 Å². The van der Waals surface area contributed by atoms with Gasteiger partial charge in [-0.25, -0.2) is 4.98 Å². The summed E-state index contributed by atoms with van der Waals surface area (Å²) in [6.45, 7) is 4.29. The van der Waals surface area contributed by atoms with E-state index < -0.39 is 0 Å². The number of rotatable bonds is 7. The molecule has 0 saturated carbocycles. The van der Waals surface area contributed by atoms with Crippen LogP contribution in [0.5, 0.6) is 5.75 Å². The smallest absolute Gasteiger partial charge is 0.259 e. The van der Waals surface area contributed by atoms with Crippen molar-refractivity contribution in [3.63, 3.8) is 0 Å². The Kier molecular flexibility index (Phi) is 6.72. The number of fused-ring (bicyclic) bond motifs is 1. The molecule has 34 heavy (non-hydrogen) atoms. The number of carbonyl (C=O) groups excluding carboxylic acids is 1. The highest BCUT2D eigenvalue weighted by atomic mass is 16.5. The first kappa shape index (κ1) is 22.3. The molecule has 3 aromatic rings. The highest BCUT2D eigenvalue weighted by Gasteiger charge is 2.26. The van der Waals surface area contributed by atoms with E-state index in [0.29, 0.717) is 30.5 Å². The zero-order chi connectivity index (χ0) is 23.3. The van der Waals surface area contributed by atoms with Gasteiger partial charge in [0.05, 0.1) is 12.6 Å². The van der Waals surface area contributed by atoms with Crippen LogP contribution >= 0.6 is 0 Å². The molecular formula is C27H31N5O2. The van der Waals surface area contributed by atoms with E-state index in [1.165, 1.54) is 12.8 Å². The molecule has 1 amide bonds. The highest BCUT2D eigenvalue weighted by molar-refractivity contribution is 6.06. The number of hydrogen-bond acceptors (Lipinski definition) is 6. The van der Waals surface area contributed by atoms with Gasteiger partial charge in [-0.15, -0.1) is 0 Å². The van der Waals surface area contributed by atoms with Gasteiger partial charge >= 0.3 is 0 Å². The molecule has 0 radical (unpaired) electrons. The number of ether oxygens (including phenoxy) is 1. The fourth-order valence-electron chi connectivity index (χ4n) is 4.64. The Hall–Kier alpha value is -3.45. The Balaban J connectivity index is 1.41. The quantitative estimate of drug-likeness (QED) is 0.548. The fraction of sp³-hybridized carbons (Fsp3) is 0.370. The molecule has 2 N–H and O–H groups in total. The molecule has 7 nitrogen and oxygen atoms in total. The van der Waals surface area contributed by atoms with Crippen molar-refractivity contribution in [2.75, 3.05) is 29.9 Å². The summed E-state index contributed by atoms with van der Waals surface area (Å²) in [5.41, 5.74) is 2.89. The van der Waals surface area contributed by atoms with E-state index in [9.17, 15) is 4.79 Å². The Morgan fingerprint density at radius 1 is 1.21 bits per heavy atom. The lowest BCUT2D eigenvalue weighted by Gasteiger charge is -2.30. The molecule has 1 saturated heterocycles. The molecule has 5 rings (SSSR count). The Bertz CT molecular complexity index is 1130. The Labute approximate surface area is 200 Å². The van der Waals surface area contributed by atoms with Gasteiger partial charge in [-0.05, 0) is 61.7 Å². The molecule has 2 aromatic carbocycles. The van der Waals surface area contributed by atoms with Gasteiger partial charge < -0.3 is 15.4 Å². The summed E-state index contributed by atoms with van der Waals surface area (Å²) in [4.78, 5) is 24.7. The number of nitrogens with one attached hydrogen (secondary N) is 2. The lowest BCUT2D eigenvalue weighted by Crippen LogP contribution is -2.46. The zero-order valence-corrected chi connectivity index (χ0v) is 19.5. The lowest BCUT2D eigenvalue weighted by molar-refractivity contribution is 0.0982. The predicted octanol–water partition coefficient (Wildman–Crippen LogP) is 4.37. The minimum absolute atomic E-state index is 0.0392. The van der Waals surface area contributed by atoms with Gasteiger partial charge in [0, 0.05) is 30.8 Å². The molecule has 1 fully saturated rings. The third-order valence-corrected chi connectivity index (χ3v) is 6.56. The lowest BCUT2D eigenvalue weighted by atomic mass is 10.0. The maximum absolute atomic E-state index is 13.8. The predicted molar refractivity (Wildman–Crippen MR) is 133 cm³/mol. The largest absolute Gasteiger partial charge is 0.493 e. The van der Waals surface area contributed by atoms with Gasteiger partial charge in [-0.2, -0.15) is 4.98 Å². The number of nitrogens with zero attached hydrogens (tertiary/aromatic N) is 3. The zero-order valence-electron chi connectivity index (χ0n) is 19.5. The van der Waals surface area contributed by atoms with Gasteiger partial charge in [0.15, 0.2) is 0 Å². The van der Waals surface area contributed by atoms with Crippen molar-refractivity contribution in [2.45, 2.75) is 44.7 Å². The molecule has 1 aromatic heterocycles. The van der Waals surface area contributed by atoms with Gasteiger partial charge in [-0.3, -0.25) is 9.69 Å².